The third-order valence-corrected chi connectivity index (χ3v) is 6.06. The van der Waals surface area contributed by atoms with E-state index < -0.39 is 0 Å². The first kappa shape index (κ1) is 16.9. The van der Waals surface area contributed by atoms with E-state index in [9.17, 15) is 9.59 Å². The number of amides is 1. The summed E-state index contributed by atoms with van der Waals surface area (Å²) >= 11 is 2.97. The topological polar surface area (TPSA) is 97.0 Å². The average molecular weight is 388 g/mol. The number of anilines is 1. The zero-order valence-corrected chi connectivity index (χ0v) is 15.6. The largest absolute Gasteiger partial charge is 0.465 e. The van der Waals surface area contributed by atoms with Gasteiger partial charge in [0.25, 0.3) is 5.91 Å². The van der Waals surface area contributed by atoms with Crippen LogP contribution in [0, 0.1) is 0 Å². The summed E-state index contributed by atoms with van der Waals surface area (Å²) in [6.07, 6.45) is 1.49. The van der Waals surface area contributed by atoms with E-state index >= 15 is 0 Å². The first-order valence-electron chi connectivity index (χ1n) is 8.22. The number of thiazole rings is 1. The van der Waals surface area contributed by atoms with Crippen molar-refractivity contribution in [2.24, 2.45) is 0 Å². The van der Waals surface area contributed by atoms with Gasteiger partial charge in [-0.15, -0.1) is 22.7 Å². The molecule has 0 unspecified atom stereocenters. The minimum absolute atomic E-state index is 0.248. The highest BCUT2D eigenvalue weighted by Crippen LogP contribution is 2.39. The van der Waals surface area contributed by atoms with Crippen molar-refractivity contribution in [2.45, 2.75) is 25.7 Å². The molecule has 1 aliphatic carbocycles. The van der Waals surface area contributed by atoms with E-state index in [0.29, 0.717) is 23.9 Å². The van der Waals surface area contributed by atoms with E-state index in [0.717, 1.165) is 27.6 Å². The van der Waals surface area contributed by atoms with Crippen molar-refractivity contribution < 1.29 is 14.3 Å². The Kier molecular flexibility index (Phi) is 4.56. The first-order chi connectivity index (χ1) is 12.7. The van der Waals surface area contributed by atoms with Gasteiger partial charge in [0.1, 0.15) is 5.92 Å². The fourth-order valence-electron chi connectivity index (χ4n) is 2.91. The van der Waals surface area contributed by atoms with Crippen molar-refractivity contribution in [2.75, 3.05) is 11.9 Å². The number of H-pyrrole nitrogens is 1. The third kappa shape index (κ3) is 3.15. The molecule has 0 saturated carbocycles. The Morgan fingerprint density at radius 3 is 3.12 bits per heavy atom. The van der Waals surface area contributed by atoms with Gasteiger partial charge in [-0.25, -0.2) is 4.98 Å². The van der Waals surface area contributed by atoms with Crippen LogP contribution in [0.15, 0.2) is 23.6 Å². The Labute approximate surface area is 157 Å². The van der Waals surface area contributed by atoms with Gasteiger partial charge in [0.15, 0.2) is 10.8 Å². The molecule has 1 aliphatic rings. The minimum atomic E-state index is -0.331. The van der Waals surface area contributed by atoms with Gasteiger partial charge in [0.05, 0.1) is 22.9 Å². The second-order valence-electron chi connectivity index (χ2n) is 5.77. The molecular weight excluding hydrogens is 372 g/mol. The number of nitrogens with one attached hydrogen (secondary N) is 2. The normalized spacial score (nSPS) is 15.7. The fourth-order valence-corrected chi connectivity index (χ4v) is 4.64. The van der Waals surface area contributed by atoms with Gasteiger partial charge in [0.2, 0.25) is 0 Å². The number of fused-ring (bicyclic) bond motifs is 1. The van der Waals surface area contributed by atoms with Gasteiger partial charge in [-0.05, 0) is 37.3 Å². The maximum atomic E-state index is 12.4. The zero-order chi connectivity index (χ0) is 18.1. The number of hydrogen-bond acceptors (Lipinski definition) is 7. The standard InChI is InChI=1S/C17H16N4O3S2/c1-2-24-16(23)9-5-6-13-14(9)18-17(26-13)19-15(22)11-8-10(20-21-11)12-4-3-7-25-12/h3-4,7-9H,2,5-6H2,1H3,(H,20,21)(H,18,19,22)/t9-/m1/s1. The lowest BCUT2D eigenvalue weighted by molar-refractivity contribution is -0.145. The molecule has 3 heterocycles. The van der Waals surface area contributed by atoms with E-state index in [1.165, 1.54) is 11.3 Å². The molecule has 0 fully saturated rings. The second-order valence-corrected chi connectivity index (χ2v) is 7.80. The van der Waals surface area contributed by atoms with Gasteiger partial charge < -0.3 is 4.74 Å². The molecule has 0 aromatic carbocycles. The number of aromatic amines is 1. The van der Waals surface area contributed by atoms with Crippen LogP contribution < -0.4 is 5.32 Å². The zero-order valence-electron chi connectivity index (χ0n) is 13.9. The van der Waals surface area contributed by atoms with E-state index in [1.807, 2.05) is 17.5 Å². The molecule has 2 N–H and O–H groups in total. The number of carbonyl (C=O) groups is 2. The van der Waals surface area contributed by atoms with Crippen LogP contribution in [-0.2, 0) is 16.0 Å². The molecule has 4 rings (SSSR count). The molecule has 1 atom stereocenters. The average Bonchev–Trinajstić information content (AvgIpc) is 3.37. The molecule has 9 heteroatoms. The molecule has 1 amide bonds. The van der Waals surface area contributed by atoms with Gasteiger partial charge in [0, 0.05) is 4.88 Å². The van der Waals surface area contributed by atoms with Crippen LogP contribution in [0.1, 0.15) is 40.3 Å². The summed E-state index contributed by atoms with van der Waals surface area (Å²) in [7, 11) is 0. The maximum Gasteiger partial charge on any atom is 0.315 e. The molecule has 0 aliphatic heterocycles. The Bertz CT molecular complexity index is 945. The summed E-state index contributed by atoms with van der Waals surface area (Å²) in [5.74, 6) is -0.908. The number of ether oxygens (including phenoxy) is 1. The number of aryl methyl sites for hydroxylation is 1. The van der Waals surface area contributed by atoms with E-state index in [4.69, 9.17) is 4.74 Å². The van der Waals surface area contributed by atoms with Gasteiger partial charge in [-0.1, -0.05) is 6.07 Å². The molecule has 3 aromatic rings. The van der Waals surface area contributed by atoms with E-state index in [-0.39, 0.29) is 17.8 Å². The smallest absolute Gasteiger partial charge is 0.315 e. The molecular formula is C17H16N4O3S2. The summed E-state index contributed by atoms with van der Waals surface area (Å²) < 4.78 is 5.11. The number of carbonyl (C=O) groups excluding carboxylic acids is 2. The van der Waals surface area contributed by atoms with Crippen LogP contribution >= 0.6 is 22.7 Å². The fraction of sp³-hybridized carbons (Fsp3) is 0.294. The predicted octanol–water partition coefficient (Wildman–Crippen LogP) is 3.44. The highest BCUT2D eigenvalue weighted by atomic mass is 32.1. The number of nitrogens with zero attached hydrogens (tertiary/aromatic N) is 2. The molecule has 0 spiro atoms. The lowest BCUT2D eigenvalue weighted by Gasteiger charge is -2.07. The lowest BCUT2D eigenvalue weighted by Crippen LogP contribution is -2.15. The minimum Gasteiger partial charge on any atom is -0.465 e. The quantitative estimate of drug-likeness (QED) is 0.653. The Balaban J connectivity index is 1.48. The Morgan fingerprint density at radius 1 is 1.46 bits per heavy atom. The maximum absolute atomic E-state index is 12.4. The predicted molar refractivity (Wildman–Crippen MR) is 99.7 cm³/mol. The molecule has 0 saturated heterocycles. The van der Waals surface area contributed by atoms with E-state index in [1.54, 1.807) is 24.3 Å². The number of rotatable bonds is 5. The van der Waals surface area contributed by atoms with Crippen molar-refractivity contribution in [3.8, 4) is 10.6 Å². The Morgan fingerprint density at radius 2 is 2.35 bits per heavy atom. The van der Waals surface area contributed by atoms with Gasteiger partial charge >= 0.3 is 5.97 Å². The van der Waals surface area contributed by atoms with Crippen LogP contribution in [0.2, 0.25) is 0 Å². The molecule has 0 bridgehead atoms. The molecule has 7 nitrogen and oxygen atoms in total. The summed E-state index contributed by atoms with van der Waals surface area (Å²) in [5.41, 5.74) is 1.82. The number of thiophene rings is 1. The summed E-state index contributed by atoms with van der Waals surface area (Å²) in [6.45, 7) is 2.14. The summed E-state index contributed by atoms with van der Waals surface area (Å²) in [5, 5.41) is 12.2. The van der Waals surface area contributed by atoms with Gasteiger partial charge in [-0.2, -0.15) is 5.10 Å². The highest BCUT2D eigenvalue weighted by molar-refractivity contribution is 7.16. The number of hydrogen-bond donors (Lipinski definition) is 2. The van der Waals surface area contributed by atoms with Crippen LogP contribution in [0.25, 0.3) is 10.6 Å². The summed E-state index contributed by atoms with van der Waals surface area (Å²) in [6, 6.07) is 5.61. The SMILES string of the molecule is CCOC(=O)[C@@H]1CCc2sc(NC(=O)c3cc(-c4cccs4)[nH]n3)nc21. The summed E-state index contributed by atoms with van der Waals surface area (Å²) in [4.78, 5) is 30.9. The van der Waals surface area contributed by atoms with Crippen LogP contribution in [0.3, 0.4) is 0 Å². The van der Waals surface area contributed by atoms with E-state index in [2.05, 4.69) is 20.5 Å². The second kappa shape index (κ2) is 7.00. The number of aromatic nitrogens is 3. The van der Waals surface area contributed by atoms with Crippen LogP contribution in [0.5, 0.6) is 0 Å². The van der Waals surface area contributed by atoms with Crippen LogP contribution in [-0.4, -0.2) is 33.7 Å². The Hall–Kier alpha value is -2.52. The molecule has 3 aromatic heterocycles. The monoisotopic (exact) mass is 388 g/mol. The third-order valence-electron chi connectivity index (χ3n) is 4.11. The highest BCUT2D eigenvalue weighted by Gasteiger charge is 2.33. The first-order valence-corrected chi connectivity index (χ1v) is 9.92. The number of esters is 1. The van der Waals surface area contributed by atoms with Crippen molar-refractivity contribution >= 4 is 39.7 Å². The molecule has 0 radical (unpaired) electrons. The lowest BCUT2D eigenvalue weighted by atomic mass is 10.1. The molecule has 26 heavy (non-hydrogen) atoms. The molecule has 134 valence electrons. The van der Waals surface area contributed by atoms with Crippen molar-refractivity contribution in [3.05, 3.63) is 39.8 Å². The van der Waals surface area contributed by atoms with Crippen molar-refractivity contribution in [3.63, 3.8) is 0 Å². The van der Waals surface area contributed by atoms with Crippen LogP contribution in [0.4, 0.5) is 5.13 Å². The van der Waals surface area contributed by atoms with Crippen molar-refractivity contribution in [1.29, 1.82) is 0 Å². The van der Waals surface area contributed by atoms with Gasteiger partial charge in [-0.3, -0.25) is 20.0 Å². The van der Waals surface area contributed by atoms with Crippen molar-refractivity contribution in [1.82, 2.24) is 15.2 Å².